The average molecular weight is 210 g/mol. The summed E-state index contributed by atoms with van der Waals surface area (Å²) in [6.45, 7) is 6.05. The minimum Gasteiger partial charge on any atom is -0.330 e. The number of nitrogens with one attached hydrogen (secondary N) is 2. The summed E-state index contributed by atoms with van der Waals surface area (Å²) in [6, 6.07) is 0. The summed E-state index contributed by atoms with van der Waals surface area (Å²) in [4.78, 5) is 11.7. The van der Waals surface area contributed by atoms with E-state index >= 15 is 0 Å². The maximum Gasteiger partial charge on any atom is 0.228 e. The second kappa shape index (κ2) is 4.93. The molecule has 0 bridgehead atoms. The molecule has 0 radical (unpaired) electrons. The fourth-order valence-electron chi connectivity index (χ4n) is 1.42. The third-order valence-corrected chi connectivity index (χ3v) is 2.52. The van der Waals surface area contributed by atoms with Gasteiger partial charge in [0.25, 0.3) is 0 Å². The van der Waals surface area contributed by atoms with Gasteiger partial charge in [0.1, 0.15) is 0 Å². The van der Waals surface area contributed by atoms with Gasteiger partial charge in [-0.15, -0.1) is 0 Å². The average Bonchev–Trinajstić information content (AvgIpc) is 2.51. The Labute approximate surface area is 89.4 Å². The number of hydrogen-bond acceptors (Lipinski definition) is 3. The van der Waals surface area contributed by atoms with E-state index in [1.54, 1.807) is 0 Å². The van der Waals surface area contributed by atoms with Gasteiger partial charge in [-0.3, -0.25) is 9.89 Å². The molecule has 1 aromatic heterocycles. The van der Waals surface area contributed by atoms with Crippen LogP contribution in [0.4, 0.5) is 5.69 Å². The van der Waals surface area contributed by atoms with Crippen LogP contribution in [0, 0.1) is 19.8 Å². The van der Waals surface area contributed by atoms with Crippen molar-refractivity contribution < 1.29 is 4.79 Å². The van der Waals surface area contributed by atoms with Gasteiger partial charge in [-0.2, -0.15) is 5.10 Å². The molecule has 5 heteroatoms. The van der Waals surface area contributed by atoms with E-state index in [-0.39, 0.29) is 11.8 Å². The van der Waals surface area contributed by atoms with Crippen molar-refractivity contribution in [2.75, 3.05) is 11.9 Å². The maximum atomic E-state index is 11.7. The molecule has 1 atom stereocenters. The molecule has 0 fully saturated rings. The number of carbonyl (C=O) groups is 1. The molecule has 5 nitrogen and oxygen atoms in total. The van der Waals surface area contributed by atoms with Crippen LogP contribution in [0.15, 0.2) is 0 Å². The van der Waals surface area contributed by atoms with Crippen molar-refractivity contribution in [1.82, 2.24) is 10.2 Å². The predicted octanol–water partition coefficient (Wildman–Crippen LogP) is 0.950. The van der Waals surface area contributed by atoms with E-state index in [9.17, 15) is 4.79 Å². The first-order valence-electron chi connectivity index (χ1n) is 5.12. The molecule has 0 aromatic carbocycles. The Morgan fingerprint density at radius 3 is 2.67 bits per heavy atom. The van der Waals surface area contributed by atoms with Gasteiger partial charge in [0.15, 0.2) is 0 Å². The fourth-order valence-corrected chi connectivity index (χ4v) is 1.42. The lowest BCUT2D eigenvalue weighted by molar-refractivity contribution is -0.119. The van der Waals surface area contributed by atoms with E-state index in [1.807, 2.05) is 20.8 Å². The molecular weight excluding hydrogens is 192 g/mol. The second-order valence-electron chi connectivity index (χ2n) is 3.64. The van der Waals surface area contributed by atoms with E-state index in [1.165, 1.54) is 0 Å². The molecule has 1 amide bonds. The Morgan fingerprint density at radius 2 is 2.27 bits per heavy atom. The van der Waals surface area contributed by atoms with Crippen molar-refractivity contribution in [3.05, 3.63) is 11.4 Å². The highest BCUT2D eigenvalue weighted by Gasteiger charge is 2.17. The van der Waals surface area contributed by atoms with E-state index in [2.05, 4.69) is 15.5 Å². The van der Waals surface area contributed by atoms with Crippen molar-refractivity contribution >= 4 is 11.6 Å². The normalized spacial score (nSPS) is 12.5. The monoisotopic (exact) mass is 210 g/mol. The summed E-state index contributed by atoms with van der Waals surface area (Å²) < 4.78 is 0. The van der Waals surface area contributed by atoms with Gasteiger partial charge >= 0.3 is 0 Å². The van der Waals surface area contributed by atoms with Crippen LogP contribution in [0.25, 0.3) is 0 Å². The van der Waals surface area contributed by atoms with Gasteiger partial charge < -0.3 is 11.1 Å². The van der Waals surface area contributed by atoms with Gasteiger partial charge in [0, 0.05) is 6.54 Å². The lowest BCUT2D eigenvalue weighted by Crippen LogP contribution is -2.28. The first kappa shape index (κ1) is 11.7. The Morgan fingerprint density at radius 1 is 1.60 bits per heavy atom. The molecule has 84 valence electrons. The van der Waals surface area contributed by atoms with Crippen LogP contribution < -0.4 is 11.1 Å². The van der Waals surface area contributed by atoms with E-state index in [0.717, 1.165) is 23.5 Å². The summed E-state index contributed by atoms with van der Waals surface area (Å²) in [5.41, 5.74) is 7.94. The van der Waals surface area contributed by atoms with Crippen LogP contribution in [-0.4, -0.2) is 22.6 Å². The number of carbonyl (C=O) groups excluding carboxylic acids is 1. The summed E-state index contributed by atoms with van der Waals surface area (Å²) in [7, 11) is 0. The smallest absolute Gasteiger partial charge is 0.228 e. The first-order valence-corrected chi connectivity index (χ1v) is 5.12. The quantitative estimate of drug-likeness (QED) is 0.691. The third-order valence-electron chi connectivity index (χ3n) is 2.52. The number of aromatic nitrogens is 2. The van der Waals surface area contributed by atoms with Gasteiger partial charge in [-0.05, 0) is 20.3 Å². The Balaban J connectivity index is 2.74. The van der Waals surface area contributed by atoms with E-state index in [4.69, 9.17) is 5.73 Å². The third kappa shape index (κ3) is 2.56. The number of anilines is 1. The Kier molecular flexibility index (Phi) is 3.85. The second-order valence-corrected chi connectivity index (χ2v) is 3.64. The van der Waals surface area contributed by atoms with Gasteiger partial charge in [0.2, 0.25) is 5.91 Å². The molecule has 0 aliphatic carbocycles. The maximum absolute atomic E-state index is 11.7. The highest BCUT2D eigenvalue weighted by atomic mass is 16.1. The standard InChI is InChI=1S/C10H18N4O/c1-4-8(5-11)10(15)12-9-6(2)13-14-7(9)3/h8H,4-5,11H2,1-3H3,(H,12,15)(H,13,14). The molecule has 1 heterocycles. The van der Waals surface area contributed by atoms with Crippen molar-refractivity contribution in [3.8, 4) is 0 Å². The topological polar surface area (TPSA) is 83.8 Å². The van der Waals surface area contributed by atoms with Crippen LogP contribution >= 0.6 is 0 Å². The van der Waals surface area contributed by atoms with Crippen molar-refractivity contribution in [2.45, 2.75) is 27.2 Å². The highest BCUT2D eigenvalue weighted by molar-refractivity contribution is 5.93. The molecule has 4 N–H and O–H groups in total. The van der Waals surface area contributed by atoms with Crippen LogP contribution in [0.5, 0.6) is 0 Å². The number of nitrogens with zero attached hydrogens (tertiary/aromatic N) is 1. The van der Waals surface area contributed by atoms with E-state index < -0.39 is 0 Å². The van der Waals surface area contributed by atoms with E-state index in [0.29, 0.717) is 6.54 Å². The molecule has 1 unspecified atom stereocenters. The molecule has 1 aromatic rings. The number of H-pyrrole nitrogens is 1. The van der Waals surface area contributed by atoms with Gasteiger partial charge in [0.05, 0.1) is 23.0 Å². The Hall–Kier alpha value is -1.36. The number of nitrogens with two attached hydrogens (primary N) is 1. The SMILES string of the molecule is CCC(CN)C(=O)Nc1c(C)n[nH]c1C. The minimum atomic E-state index is -0.126. The predicted molar refractivity (Wildman–Crippen MR) is 59.5 cm³/mol. The summed E-state index contributed by atoms with van der Waals surface area (Å²) in [5.74, 6) is -0.161. The number of rotatable bonds is 4. The lowest BCUT2D eigenvalue weighted by atomic mass is 10.1. The number of amides is 1. The molecule has 0 saturated heterocycles. The van der Waals surface area contributed by atoms with Crippen molar-refractivity contribution in [1.29, 1.82) is 0 Å². The molecule has 1 rings (SSSR count). The molecule has 0 aliphatic heterocycles. The number of aromatic amines is 1. The first-order chi connectivity index (χ1) is 7.10. The minimum absolute atomic E-state index is 0.0346. The molecule has 0 saturated carbocycles. The summed E-state index contributed by atoms with van der Waals surface area (Å²) >= 11 is 0. The largest absolute Gasteiger partial charge is 0.330 e. The lowest BCUT2D eigenvalue weighted by Gasteiger charge is -2.12. The van der Waals surface area contributed by atoms with Crippen molar-refractivity contribution in [3.63, 3.8) is 0 Å². The molecular formula is C10H18N4O. The van der Waals surface area contributed by atoms with Crippen LogP contribution in [0.1, 0.15) is 24.7 Å². The number of aryl methyl sites for hydroxylation is 2. The van der Waals surface area contributed by atoms with Crippen molar-refractivity contribution in [2.24, 2.45) is 11.7 Å². The zero-order chi connectivity index (χ0) is 11.4. The van der Waals surface area contributed by atoms with Gasteiger partial charge in [-0.25, -0.2) is 0 Å². The fraction of sp³-hybridized carbons (Fsp3) is 0.600. The Bertz CT molecular complexity index is 322. The molecule has 0 spiro atoms. The number of hydrogen-bond donors (Lipinski definition) is 3. The molecule has 15 heavy (non-hydrogen) atoms. The zero-order valence-electron chi connectivity index (χ0n) is 9.42. The molecule has 0 aliphatic rings. The van der Waals surface area contributed by atoms with Crippen LogP contribution in [0.2, 0.25) is 0 Å². The zero-order valence-corrected chi connectivity index (χ0v) is 9.42. The summed E-state index contributed by atoms with van der Waals surface area (Å²) in [5, 5.41) is 9.68. The van der Waals surface area contributed by atoms with Crippen LogP contribution in [-0.2, 0) is 4.79 Å². The van der Waals surface area contributed by atoms with Gasteiger partial charge in [-0.1, -0.05) is 6.92 Å². The van der Waals surface area contributed by atoms with Crippen LogP contribution in [0.3, 0.4) is 0 Å². The summed E-state index contributed by atoms with van der Waals surface area (Å²) in [6.07, 6.45) is 0.748. The highest BCUT2D eigenvalue weighted by Crippen LogP contribution is 2.17.